The third-order valence-corrected chi connectivity index (χ3v) is 4.30. The zero-order chi connectivity index (χ0) is 15.4. The summed E-state index contributed by atoms with van der Waals surface area (Å²) in [6, 6.07) is 11.7. The first-order chi connectivity index (χ1) is 10.0. The Morgan fingerprint density at radius 3 is 2.52 bits per heavy atom. The van der Waals surface area contributed by atoms with E-state index in [1.54, 1.807) is 6.07 Å². The summed E-state index contributed by atoms with van der Waals surface area (Å²) >= 11 is 6.05. The summed E-state index contributed by atoms with van der Waals surface area (Å²) in [6.45, 7) is 4.22. The van der Waals surface area contributed by atoms with E-state index in [2.05, 4.69) is 37.4 Å². The Kier molecular flexibility index (Phi) is 5.38. The number of hydrogen-bond donors (Lipinski definition) is 1. The first-order valence-corrected chi connectivity index (χ1v) is 7.55. The van der Waals surface area contributed by atoms with Crippen LogP contribution in [0.15, 0.2) is 36.4 Å². The summed E-state index contributed by atoms with van der Waals surface area (Å²) in [5.74, 6) is -0.351. The molecule has 0 aromatic heterocycles. The number of aryl methyl sites for hydroxylation is 2. The van der Waals surface area contributed by atoms with Gasteiger partial charge >= 0.3 is 0 Å². The fraction of sp³-hybridized carbons (Fsp3) is 0.333. The highest BCUT2D eigenvalue weighted by molar-refractivity contribution is 6.31. The minimum atomic E-state index is -0.351. The zero-order valence-electron chi connectivity index (χ0n) is 12.7. The van der Waals surface area contributed by atoms with Crippen molar-refractivity contribution in [3.63, 3.8) is 0 Å². The first kappa shape index (κ1) is 16.0. The predicted molar refractivity (Wildman–Crippen MR) is 87.6 cm³/mol. The van der Waals surface area contributed by atoms with E-state index in [1.165, 1.54) is 22.8 Å². The molecular formula is C18H21ClFN. The Morgan fingerprint density at radius 1 is 1.10 bits per heavy atom. The van der Waals surface area contributed by atoms with Crippen LogP contribution >= 0.6 is 11.6 Å². The zero-order valence-corrected chi connectivity index (χ0v) is 13.5. The Balaban J connectivity index is 2.17. The fourth-order valence-corrected chi connectivity index (χ4v) is 2.74. The van der Waals surface area contributed by atoms with Crippen LogP contribution in [0.4, 0.5) is 4.39 Å². The van der Waals surface area contributed by atoms with Gasteiger partial charge in [-0.15, -0.1) is 0 Å². The molecule has 0 amide bonds. The molecule has 0 saturated carbocycles. The molecule has 0 aliphatic heterocycles. The van der Waals surface area contributed by atoms with Crippen molar-refractivity contribution >= 4 is 11.6 Å². The van der Waals surface area contributed by atoms with E-state index in [4.69, 9.17) is 11.6 Å². The number of likely N-dealkylation sites (N-methyl/N-ethyl adjacent to an activating group) is 1. The lowest BCUT2D eigenvalue weighted by molar-refractivity contribution is 0.552. The van der Waals surface area contributed by atoms with E-state index in [0.717, 1.165) is 12.0 Å². The van der Waals surface area contributed by atoms with Crippen molar-refractivity contribution in [2.75, 3.05) is 7.05 Å². The average Bonchev–Trinajstić information content (AvgIpc) is 2.46. The molecule has 0 bridgehead atoms. The van der Waals surface area contributed by atoms with E-state index in [9.17, 15) is 4.39 Å². The largest absolute Gasteiger partial charge is 0.316 e. The van der Waals surface area contributed by atoms with Crippen molar-refractivity contribution < 1.29 is 4.39 Å². The van der Waals surface area contributed by atoms with Gasteiger partial charge in [0.2, 0.25) is 0 Å². The number of benzene rings is 2. The molecule has 0 radical (unpaired) electrons. The summed E-state index contributed by atoms with van der Waals surface area (Å²) < 4.78 is 13.5. The average molecular weight is 306 g/mol. The van der Waals surface area contributed by atoms with Crippen molar-refractivity contribution in [3.05, 3.63) is 69.5 Å². The van der Waals surface area contributed by atoms with Crippen LogP contribution in [0.1, 0.15) is 22.3 Å². The highest BCUT2D eigenvalue weighted by Gasteiger charge is 2.14. The Hall–Kier alpha value is -1.38. The molecule has 0 heterocycles. The molecule has 1 N–H and O–H groups in total. The summed E-state index contributed by atoms with van der Waals surface area (Å²) in [5.41, 5.74) is 4.71. The number of nitrogens with one attached hydrogen (secondary N) is 1. The molecule has 0 spiro atoms. The Labute approximate surface area is 131 Å². The Bertz CT molecular complexity index is 621. The highest BCUT2D eigenvalue weighted by atomic mass is 35.5. The third kappa shape index (κ3) is 4.05. The lowest BCUT2D eigenvalue weighted by Gasteiger charge is -2.19. The molecule has 0 aliphatic carbocycles. The van der Waals surface area contributed by atoms with Crippen molar-refractivity contribution in [1.82, 2.24) is 5.32 Å². The van der Waals surface area contributed by atoms with E-state index in [0.29, 0.717) is 6.42 Å². The van der Waals surface area contributed by atoms with Crippen LogP contribution in [0.25, 0.3) is 0 Å². The van der Waals surface area contributed by atoms with Gasteiger partial charge in [0.05, 0.1) is 5.02 Å². The lowest BCUT2D eigenvalue weighted by Crippen LogP contribution is -2.30. The van der Waals surface area contributed by atoms with Crippen LogP contribution in [0, 0.1) is 19.7 Å². The number of halogens is 2. The van der Waals surface area contributed by atoms with Crippen LogP contribution in [0.3, 0.4) is 0 Å². The van der Waals surface area contributed by atoms with Gasteiger partial charge in [0.25, 0.3) is 0 Å². The summed E-state index contributed by atoms with van der Waals surface area (Å²) in [7, 11) is 1.93. The topological polar surface area (TPSA) is 12.0 Å². The number of rotatable bonds is 5. The van der Waals surface area contributed by atoms with E-state index in [-0.39, 0.29) is 16.9 Å². The van der Waals surface area contributed by atoms with E-state index >= 15 is 0 Å². The quantitative estimate of drug-likeness (QED) is 0.859. The van der Waals surface area contributed by atoms with Gasteiger partial charge in [-0.2, -0.15) is 0 Å². The number of hydrogen-bond acceptors (Lipinski definition) is 1. The van der Waals surface area contributed by atoms with Crippen LogP contribution in [-0.2, 0) is 12.8 Å². The molecule has 2 rings (SSSR count). The van der Waals surface area contributed by atoms with Crippen LogP contribution in [0.2, 0.25) is 5.02 Å². The molecule has 21 heavy (non-hydrogen) atoms. The second kappa shape index (κ2) is 7.06. The van der Waals surface area contributed by atoms with E-state index < -0.39 is 0 Å². The Morgan fingerprint density at radius 2 is 1.81 bits per heavy atom. The normalized spacial score (nSPS) is 12.4. The van der Waals surface area contributed by atoms with E-state index in [1.807, 2.05) is 13.1 Å². The monoisotopic (exact) mass is 305 g/mol. The van der Waals surface area contributed by atoms with Crippen molar-refractivity contribution in [3.8, 4) is 0 Å². The van der Waals surface area contributed by atoms with Crippen molar-refractivity contribution in [1.29, 1.82) is 0 Å². The molecule has 1 nitrogen and oxygen atoms in total. The standard InChI is InChI=1S/C18H21ClFN/c1-12-7-8-13(2)15(9-12)11-16(21-3)10-14-5-4-6-17(20)18(14)19/h4-9,16,21H,10-11H2,1-3H3. The summed E-state index contributed by atoms with van der Waals surface area (Å²) in [5, 5.41) is 3.55. The van der Waals surface area contributed by atoms with Gasteiger partial charge in [-0.25, -0.2) is 4.39 Å². The SMILES string of the molecule is CNC(Cc1cc(C)ccc1C)Cc1cccc(F)c1Cl. The minimum absolute atomic E-state index is 0.227. The molecule has 0 saturated heterocycles. The predicted octanol–water partition coefficient (Wildman–Crippen LogP) is 4.47. The van der Waals surface area contributed by atoms with Gasteiger partial charge < -0.3 is 5.32 Å². The maximum atomic E-state index is 13.5. The molecule has 3 heteroatoms. The van der Waals surface area contributed by atoms with Gasteiger partial charge in [0.1, 0.15) is 5.82 Å². The first-order valence-electron chi connectivity index (χ1n) is 7.17. The molecule has 112 valence electrons. The summed E-state index contributed by atoms with van der Waals surface area (Å²) in [4.78, 5) is 0. The molecule has 0 fully saturated rings. The minimum Gasteiger partial charge on any atom is -0.316 e. The maximum Gasteiger partial charge on any atom is 0.142 e. The molecule has 2 aromatic carbocycles. The molecule has 2 aromatic rings. The lowest BCUT2D eigenvalue weighted by atomic mass is 9.95. The second-order valence-electron chi connectivity index (χ2n) is 5.54. The second-order valence-corrected chi connectivity index (χ2v) is 5.91. The fourth-order valence-electron chi connectivity index (χ4n) is 2.53. The smallest absolute Gasteiger partial charge is 0.142 e. The maximum absolute atomic E-state index is 13.5. The van der Waals surface area contributed by atoms with Gasteiger partial charge in [-0.1, -0.05) is 47.5 Å². The van der Waals surface area contributed by atoms with Crippen LogP contribution < -0.4 is 5.32 Å². The van der Waals surface area contributed by atoms with Gasteiger partial charge in [0.15, 0.2) is 0 Å². The molecule has 0 aliphatic rings. The third-order valence-electron chi connectivity index (χ3n) is 3.88. The van der Waals surface area contributed by atoms with Crippen molar-refractivity contribution in [2.24, 2.45) is 0 Å². The van der Waals surface area contributed by atoms with Gasteiger partial charge in [0, 0.05) is 6.04 Å². The molecular weight excluding hydrogens is 285 g/mol. The van der Waals surface area contributed by atoms with Gasteiger partial charge in [-0.05, 0) is 56.5 Å². The molecule has 1 unspecified atom stereocenters. The summed E-state index contributed by atoms with van der Waals surface area (Å²) in [6.07, 6.45) is 1.61. The van der Waals surface area contributed by atoms with Crippen molar-refractivity contribution in [2.45, 2.75) is 32.7 Å². The highest BCUT2D eigenvalue weighted by Crippen LogP contribution is 2.22. The van der Waals surface area contributed by atoms with Crippen LogP contribution in [0.5, 0.6) is 0 Å². The van der Waals surface area contributed by atoms with Crippen LogP contribution in [-0.4, -0.2) is 13.1 Å². The van der Waals surface area contributed by atoms with Gasteiger partial charge in [-0.3, -0.25) is 0 Å². The molecule has 1 atom stereocenters.